The quantitative estimate of drug-likeness (QED) is 0.784. The summed E-state index contributed by atoms with van der Waals surface area (Å²) in [6.07, 6.45) is 3.36. The van der Waals surface area contributed by atoms with Gasteiger partial charge in [0.15, 0.2) is 0 Å². The third-order valence-electron chi connectivity index (χ3n) is 1.83. The van der Waals surface area contributed by atoms with Crippen molar-refractivity contribution in [1.29, 1.82) is 0 Å². The Balaban J connectivity index is 2.55. The van der Waals surface area contributed by atoms with Crippen molar-refractivity contribution in [3.63, 3.8) is 0 Å². The van der Waals surface area contributed by atoms with Gasteiger partial charge in [-0.1, -0.05) is 11.6 Å². The Morgan fingerprint density at radius 3 is 2.64 bits per heavy atom. The maximum atomic E-state index is 5.86. The van der Waals surface area contributed by atoms with E-state index in [1.165, 1.54) is 11.3 Å². The number of hydrogen-bond acceptors (Lipinski definition) is 4. The van der Waals surface area contributed by atoms with Gasteiger partial charge >= 0.3 is 0 Å². The van der Waals surface area contributed by atoms with E-state index in [0.29, 0.717) is 15.7 Å². The van der Waals surface area contributed by atoms with Crippen LogP contribution in [-0.2, 0) is 0 Å². The molecule has 0 fully saturated rings. The first kappa shape index (κ1) is 9.30. The molecule has 72 valence electrons. The molecule has 0 atom stereocenters. The summed E-state index contributed by atoms with van der Waals surface area (Å²) in [6, 6.07) is 3.56. The van der Waals surface area contributed by atoms with E-state index in [2.05, 4.69) is 4.98 Å². The number of aromatic nitrogens is 1. The molecule has 0 saturated heterocycles. The molecular formula is C9H8ClN3S. The standard InChI is InChI=1S/C9H8ClN3S/c10-9-7(12)3-8(14-9)5-4-13-2-1-6(5)11/h1-4H,12H2,(H2,11,13). The smallest absolute Gasteiger partial charge is 0.116 e. The highest BCUT2D eigenvalue weighted by molar-refractivity contribution is 7.20. The fourth-order valence-corrected chi connectivity index (χ4v) is 2.27. The summed E-state index contributed by atoms with van der Waals surface area (Å²) in [6.45, 7) is 0. The molecule has 5 heteroatoms. The Bertz CT molecular complexity index is 447. The average Bonchev–Trinajstić information content (AvgIpc) is 2.48. The third kappa shape index (κ3) is 1.54. The van der Waals surface area contributed by atoms with Gasteiger partial charge in [-0.2, -0.15) is 0 Å². The zero-order valence-corrected chi connectivity index (χ0v) is 8.77. The molecule has 0 aliphatic carbocycles. The van der Waals surface area contributed by atoms with Crippen molar-refractivity contribution in [3.05, 3.63) is 28.9 Å². The predicted molar refractivity (Wildman–Crippen MR) is 61.4 cm³/mol. The molecular weight excluding hydrogens is 218 g/mol. The number of nitrogen functional groups attached to an aromatic ring is 2. The van der Waals surface area contributed by atoms with Crippen LogP contribution in [0.1, 0.15) is 0 Å². The van der Waals surface area contributed by atoms with E-state index in [1.807, 2.05) is 0 Å². The number of nitrogens with two attached hydrogens (primary N) is 2. The van der Waals surface area contributed by atoms with E-state index in [9.17, 15) is 0 Å². The lowest BCUT2D eigenvalue weighted by Crippen LogP contribution is -1.88. The normalized spacial score (nSPS) is 10.4. The number of thiophene rings is 1. The van der Waals surface area contributed by atoms with Gasteiger partial charge in [0.2, 0.25) is 0 Å². The third-order valence-corrected chi connectivity index (χ3v) is 3.26. The molecule has 0 aliphatic heterocycles. The molecule has 4 N–H and O–H groups in total. The lowest BCUT2D eigenvalue weighted by Gasteiger charge is -1.99. The summed E-state index contributed by atoms with van der Waals surface area (Å²) in [4.78, 5) is 4.95. The number of nitrogens with zero attached hydrogens (tertiary/aromatic N) is 1. The largest absolute Gasteiger partial charge is 0.398 e. The molecule has 0 aromatic carbocycles. The molecule has 2 heterocycles. The number of halogens is 1. The van der Waals surface area contributed by atoms with Gasteiger partial charge in [-0.3, -0.25) is 4.98 Å². The summed E-state index contributed by atoms with van der Waals surface area (Å²) in [5.74, 6) is 0. The van der Waals surface area contributed by atoms with Crippen LogP contribution in [0.4, 0.5) is 11.4 Å². The predicted octanol–water partition coefficient (Wildman–Crippen LogP) is 2.63. The second-order valence-electron chi connectivity index (χ2n) is 2.80. The van der Waals surface area contributed by atoms with Crippen LogP contribution in [0.25, 0.3) is 10.4 Å². The van der Waals surface area contributed by atoms with Gasteiger partial charge in [0.1, 0.15) is 4.34 Å². The van der Waals surface area contributed by atoms with Crippen LogP contribution in [0.3, 0.4) is 0 Å². The fraction of sp³-hybridized carbons (Fsp3) is 0. The molecule has 3 nitrogen and oxygen atoms in total. The molecule has 0 bridgehead atoms. The van der Waals surface area contributed by atoms with Crippen LogP contribution < -0.4 is 11.5 Å². The lowest BCUT2D eigenvalue weighted by molar-refractivity contribution is 1.34. The van der Waals surface area contributed by atoms with Crippen molar-refractivity contribution in [2.75, 3.05) is 11.5 Å². The van der Waals surface area contributed by atoms with Crippen molar-refractivity contribution >= 4 is 34.3 Å². The SMILES string of the molecule is Nc1ccncc1-c1cc(N)c(Cl)s1. The van der Waals surface area contributed by atoms with Gasteiger partial charge in [-0.05, 0) is 12.1 Å². The lowest BCUT2D eigenvalue weighted by atomic mass is 10.2. The van der Waals surface area contributed by atoms with Crippen molar-refractivity contribution < 1.29 is 0 Å². The van der Waals surface area contributed by atoms with Gasteiger partial charge in [0.05, 0.1) is 5.69 Å². The summed E-state index contributed by atoms with van der Waals surface area (Å²) >= 11 is 7.27. The Morgan fingerprint density at radius 1 is 1.29 bits per heavy atom. The van der Waals surface area contributed by atoms with Crippen LogP contribution in [0.2, 0.25) is 4.34 Å². The monoisotopic (exact) mass is 225 g/mol. The second-order valence-corrected chi connectivity index (χ2v) is 4.46. The fourth-order valence-electron chi connectivity index (χ4n) is 1.13. The number of anilines is 2. The second kappa shape index (κ2) is 3.48. The first-order valence-electron chi connectivity index (χ1n) is 3.93. The van der Waals surface area contributed by atoms with Crippen LogP contribution >= 0.6 is 22.9 Å². The van der Waals surface area contributed by atoms with Crippen molar-refractivity contribution in [2.45, 2.75) is 0 Å². The van der Waals surface area contributed by atoms with Crippen molar-refractivity contribution in [3.8, 4) is 10.4 Å². The number of hydrogen-bond donors (Lipinski definition) is 2. The minimum atomic E-state index is 0.579. The number of rotatable bonds is 1. The van der Waals surface area contributed by atoms with E-state index in [-0.39, 0.29) is 0 Å². The average molecular weight is 226 g/mol. The molecule has 0 saturated carbocycles. The molecule has 0 spiro atoms. The molecule has 0 unspecified atom stereocenters. The summed E-state index contributed by atoms with van der Waals surface area (Å²) < 4.78 is 0.586. The van der Waals surface area contributed by atoms with Crippen LogP contribution in [-0.4, -0.2) is 4.98 Å². The zero-order valence-electron chi connectivity index (χ0n) is 7.20. The first-order valence-corrected chi connectivity index (χ1v) is 5.12. The molecule has 0 radical (unpaired) electrons. The van der Waals surface area contributed by atoms with E-state index in [0.717, 1.165) is 10.4 Å². The van der Waals surface area contributed by atoms with E-state index >= 15 is 0 Å². The van der Waals surface area contributed by atoms with E-state index < -0.39 is 0 Å². The van der Waals surface area contributed by atoms with Crippen molar-refractivity contribution in [2.24, 2.45) is 0 Å². The van der Waals surface area contributed by atoms with Gasteiger partial charge in [-0.25, -0.2) is 0 Å². The summed E-state index contributed by atoms with van der Waals surface area (Å²) in [5.41, 5.74) is 13.6. The number of pyridine rings is 1. The highest BCUT2D eigenvalue weighted by Crippen LogP contribution is 2.38. The Morgan fingerprint density at radius 2 is 2.07 bits per heavy atom. The summed E-state index contributed by atoms with van der Waals surface area (Å²) in [5, 5.41) is 0. The van der Waals surface area contributed by atoms with Gasteiger partial charge in [-0.15, -0.1) is 11.3 Å². The Labute approximate surface area is 90.3 Å². The van der Waals surface area contributed by atoms with E-state index in [4.69, 9.17) is 23.1 Å². The molecule has 0 aliphatic rings. The van der Waals surface area contributed by atoms with Gasteiger partial charge < -0.3 is 11.5 Å². The minimum Gasteiger partial charge on any atom is -0.398 e. The van der Waals surface area contributed by atoms with Gasteiger partial charge in [0.25, 0.3) is 0 Å². The topological polar surface area (TPSA) is 64.9 Å². The highest BCUT2D eigenvalue weighted by atomic mass is 35.5. The van der Waals surface area contributed by atoms with E-state index in [1.54, 1.807) is 24.5 Å². The molecule has 2 aromatic rings. The highest BCUT2D eigenvalue weighted by Gasteiger charge is 2.08. The minimum absolute atomic E-state index is 0.579. The van der Waals surface area contributed by atoms with Crippen molar-refractivity contribution in [1.82, 2.24) is 4.98 Å². The Kier molecular flexibility index (Phi) is 2.31. The molecule has 2 rings (SSSR count). The Hall–Kier alpha value is -1.26. The van der Waals surface area contributed by atoms with Gasteiger partial charge in [0, 0.05) is 28.5 Å². The molecule has 0 amide bonds. The van der Waals surface area contributed by atoms with Crippen LogP contribution in [0, 0.1) is 0 Å². The summed E-state index contributed by atoms with van der Waals surface area (Å²) in [7, 11) is 0. The first-order chi connectivity index (χ1) is 6.68. The zero-order chi connectivity index (χ0) is 10.1. The maximum absolute atomic E-state index is 5.86. The maximum Gasteiger partial charge on any atom is 0.116 e. The molecule has 14 heavy (non-hydrogen) atoms. The molecule has 2 aromatic heterocycles. The van der Waals surface area contributed by atoms with Crippen LogP contribution in [0.5, 0.6) is 0 Å². The van der Waals surface area contributed by atoms with Crippen LogP contribution in [0.15, 0.2) is 24.5 Å².